The first-order valence-electron chi connectivity index (χ1n) is 8.22. The monoisotopic (exact) mass is 346 g/mol. The average molecular weight is 346 g/mol. The number of rotatable bonds is 4. The van der Waals surface area contributed by atoms with Crippen LogP contribution < -0.4 is 10.5 Å². The summed E-state index contributed by atoms with van der Waals surface area (Å²) in [5, 5.41) is 0. The lowest BCUT2D eigenvalue weighted by molar-refractivity contribution is -0.121. The van der Waals surface area contributed by atoms with E-state index in [4.69, 9.17) is 10.5 Å². The van der Waals surface area contributed by atoms with E-state index in [1.807, 2.05) is 59.5 Å². The van der Waals surface area contributed by atoms with Gasteiger partial charge in [-0.2, -0.15) is 0 Å². The summed E-state index contributed by atoms with van der Waals surface area (Å²) in [6.45, 7) is 0.597. The predicted molar refractivity (Wildman–Crippen MR) is 99.5 cm³/mol. The minimum absolute atomic E-state index is 0.222. The van der Waals surface area contributed by atoms with Crippen LogP contribution >= 0.6 is 0 Å². The summed E-state index contributed by atoms with van der Waals surface area (Å²) in [7, 11) is 1.62. The van der Waals surface area contributed by atoms with Gasteiger partial charge in [0.1, 0.15) is 17.3 Å². The Kier molecular flexibility index (Phi) is 3.93. The van der Waals surface area contributed by atoms with Gasteiger partial charge in [0.05, 0.1) is 13.7 Å². The summed E-state index contributed by atoms with van der Waals surface area (Å²) in [6.07, 6.45) is 3.50. The minimum atomic E-state index is -0.222. The Labute approximate surface area is 151 Å². The first kappa shape index (κ1) is 16.0. The lowest BCUT2D eigenvalue weighted by Gasteiger charge is -2.17. The zero-order valence-electron chi connectivity index (χ0n) is 14.3. The molecule has 130 valence electrons. The van der Waals surface area contributed by atoms with E-state index in [1.165, 1.54) is 4.90 Å². The van der Waals surface area contributed by atoms with Gasteiger partial charge in [-0.1, -0.05) is 42.5 Å². The van der Waals surface area contributed by atoms with Crippen molar-refractivity contribution in [2.24, 2.45) is 10.7 Å². The molecule has 2 aliphatic heterocycles. The molecule has 0 unspecified atom stereocenters. The number of carbonyl (C=O) groups is 1. The van der Waals surface area contributed by atoms with Gasteiger partial charge in [-0.25, -0.2) is 9.89 Å². The molecule has 2 aromatic carbocycles. The lowest BCUT2D eigenvalue weighted by Crippen LogP contribution is -2.35. The van der Waals surface area contributed by atoms with Crippen molar-refractivity contribution in [3.05, 3.63) is 83.4 Å². The van der Waals surface area contributed by atoms with Gasteiger partial charge < -0.3 is 15.4 Å². The molecule has 1 amide bonds. The number of aliphatic imine (C=N–C) groups is 1. The van der Waals surface area contributed by atoms with Gasteiger partial charge in [-0.15, -0.1) is 0 Å². The quantitative estimate of drug-likeness (QED) is 0.864. The Morgan fingerprint density at radius 3 is 2.54 bits per heavy atom. The third-order valence-corrected chi connectivity index (χ3v) is 4.26. The van der Waals surface area contributed by atoms with Crippen LogP contribution in [0.1, 0.15) is 11.1 Å². The standard InChI is InChI=1S/C20H18N4O2/c1-26-16-9-7-14(8-10-16)11-17-19(25)24-18(21)13-23(20(24)22-17)12-15-5-3-2-4-6-15/h2-11,13H,12,21H2,1H3/b17-11-. The van der Waals surface area contributed by atoms with Gasteiger partial charge in [0.2, 0.25) is 5.96 Å². The molecule has 0 spiro atoms. The van der Waals surface area contributed by atoms with Crippen LogP contribution in [0.3, 0.4) is 0 Å². The van der Waals surface area contributed by atoms with Crippen LogP contribution in [-0.2, 0) is 11.3 Å². The van der Waals surface area contributed by atoms with E-state index in [0.717, 1.165) is 16.9 Å². The Hall–Kier alpha value is -3.54. The van der Waals surface area contributed by atoms with Gasteiger partial charge in [-0.3, -0.25) is 4.79 Å². The van der Waals surface area contributed by atoms with Gasteiger partial charge in [-0.05, 0) is 29.3 Å². The Morgan fingerprint density at radius 2 is 1.85 bits per heavy atom. The van der Waals surface area contributed by atoms with E-state index < -0.39 is 0 Å². The third kappa shape index (κ3) is 2.82. The van der Waals surface area contributed by atoms with E-state index in [1.54, 1.807) is 19.4 Å². The number of amides is 1. The number of nitrogens with two attached hydrogens (primary N) is 1. The van der Waals surface area contributed by atoms with E-state index >= 15 is 0 Å². The van der Waals surface area contributed by atoms with Crippen LogP contribution in [0.25, 0.3) is 6.08 Å². The average Bonchev–Trinajstić information content (AvgIpc) is 3.14. The van der Waals surface area contributed by atoms with Crippen molar-refractivity contribution in [1.82, 2.24) is 9.80 Å². The zero-order valence-corrected chi connectivity index (χ0v) is 14.3. The number of nitrogens with zero attached hydrogens (tertiary/aromatic N) is 3. The number of fused-ring (bicyclic) bond motifs is 1. The molecule has 0 radical (unpaired) electrons. The number of carbonyl (C=O) groups excluding carboxylic acids is 1. The van der Waals surface area contributed by atoms with Crippen LogP contribution in [0.4, 0.5) is 0 Å². The van der Waals surface area contributed by atoms with Gasteiger partial charge >= 0.3 is 0 Å². The maximum Gasteiger partial charge on any atom is 0.285 e. The highest BCUT2D eigenvalue weighted by molar-refractivity contribution is 6.16. The molecular formula is C20H18N4O2. The number of benzene rings is 2. The minimum Gasteiger partial charge on any atom is -0.497 e. The summed E-state index contributed by atoms with van der Waals surface area (Å²) in [5.74, 6) is 1.46. The fourth-order valence-electron chi connectivity index (χ4n) is 2.96. The van der Waals surface area contributed by atoms with Crippen LogP contribution in [0, 0.1) is 0 Å². The zero-order chi connectivity index (χ0) is 18.1. The van der Waals surface area contributed by atoms with Crippen LogP contribution in [0.5, 0.6) is 5.75 Å². The highest BCUT2D eigenvalue weighted by atomic mass is 16.5. The Balaban J connectivity index is 1.62. The molecule has 26 heavy (non-hydrogen) atoms. The molecule has 0 aromatic heterocycles. The first-order chi connectivity index (χ1) is 12.7. The molecule has 0 saturated carbocycles. The van der Waals surface area contributed by atoms with Crippen LogP contribution in [0.15, 0.2) is 77.3 Å². The van der Waals surface area contributed by atoms with Crippen molar-refractivity contribution < 1.29 is 9.53 Å². The molecule has 2 heterocycles. The molecule has 2 aliphatic rings. The number of hydrogen-bond donors (Lipinski definition) is 1. The van der Waals surface area contributed by atoms with Crippen molar-refractivity contribution in [1.29, 1.82) is 0 Å². The van der Waals surface area contributed by atoms with Crippen molar-refractivity contribution in [3.8, 4) is 5.75 Å². The second kappa shape index (κ2) is 6.40. The van der Waals surface area contributed by atoms with Gasteiger partial charge in [0.15, 0.2) is 0 Å². The van der Waals surface area contributed by atoms with Gasteiger partial charge in [0.25, 0.3) is 5.91 Å². The molecule has 6 heteroatoms. The molecule has 6 nitrogen and oxygen atoms in total. The number of ether oxygens (including phenoxy) is 1. The number of guanidine groups is 1. The highest BCUT2D eigenvalue weighted by Gasteiger charge is 2.39. The van der Waals surface area contributed by atoms with Crippen molar-refractivity contribution in [2.75, 3.05) is 7.11 Å². The van der Waals surface area contributed by atoms with E-state index in [-0.39, 0.29) is 5.91 Å². The maximum atomic E-state index is 12.7. The third-order valence-electron chi connectivity index (χ3n) is 4.26. The maximum absolute atomic E-state index is 12.7. The summed E-state index contributed by atoms with van der Waals surface area (Å²) in [5.41, 5.74) is 8.39. The first-order valence-corrected chi connectivity index (χ1v) is 8.22. The number of hydrogen-bond acceptors (Lipinski definition) is 5. The molecule has 4 rings (SSSR count). The topological polar surface area (TPSA) is 71.2 Å². The highest BCUT2D eigenvalue weighted by Crippen LogP contribution is 2.28. The Morgan fingerprint density at radius 1 is 1.12 bits per heavy atom. The van der Waals surface area contributed by atoms with Crippen molar-refractivity contribution in [3.63, 3.8) is 0 Å². The molecule has 0 atom stereocenters. The molecule has 2 N–H and O–H groups in total. The predicted octanol–water partition coefficient (Wildman–Crippen LogP) is 2.51. The van der Waals surface area contributed by atoms with Crippen molar-refractivity contribution >= 4 is 17.9 Å². The molecule has 0 saturated heterocycles. The van der Waals surface area contributed by atoms with E-state index in [0.29, 0.717) is 24.0 Å². The molecular weight excluding hydrogens is 328 g/mol. The van der Waals surface area contributed by atoms with Crippen LogP contribution in [0.2, 0.25) is 0 Å². The summed E-state index contributed by atoms with van der Waals surface area (Å²) in [6, 6.07) is 17.4. The van der Waals surface area contributed by atoms with Crippen LogP contribution in [-0.4, -0.2) is 28.8 Å². The summed E-state index contributed by atoms with van der Waals surface area (Å²) in [4.78, 5) is 20.5. The van der Waals surface area contributed by atoms with Crippen molar-refractivity contribution in [2.45, 2.75) is 6.54 Å². The molecule has 0 aliphatic carbocycles. The lowest BCUT2D eigenvalue weighted by atomic mass is 10.2. The smallest absolute Gasteiger partial charge is 0.285 e. The van der Waals surface area contributed by atoms with E-state index in [2.05, 4.69) is 4.99 Å². The fraction of sp³-hybridized carbons (Fsp3) is 0.100. The summed E-state index contributed by atoms with van der Waals surface area (Å²) >= 11 is 0. The molecule has 2 aromatic rings. The summed E-state index contributed by atoms with van der Waals surface area (Å²) < 4.78 is 5.15. The number of methoxy groups -OCH3 is 1. The second-order valence-corrected chi connectivity index (χ2v) is 6.02. The molecule has 0 bridgehead atoms. The fourth-order valence-corrected chi connectivity index (χ4v) is 2.96. The SMILES string of the molecule is COc1ccc(/C=C2\N=C3N(Cc4ccccc4)C=C(N)N3C2=O)cc1. The largest absolute Gasteiger partial charge is 0.497 e. The van der Waals surface area contributed by atoms with Gasteiger partial charge in [0, 0.05) is 6.20 Å². The Bertz CT molecular complexity index is 930. The second-order valence-electron chi connectivity index (χ2n) is 6.02. The normalized spacial score (nSPS) is 17.4. The molecule has 0 fully saturated rings. The van der Waals surface area contributed by atoms with E-state index in [9.17, 15) is 4.79 Å².